The van der Waals surface area contributed by atoms with Crippen molar-refractivity contribution >= 4 is 17.2 Å². The highest BCUT2D eigenvalue weighted by molar-refractivity contribution is 6.22. The predicted molar refractivity (Wildman–Crippen MR) is 96.1 cm³/mol. The van der Waals surface area contributed by atoms with E-state index in [1.54, 1.807) is 6.07 Å². The third-order valence-corrected chi connectivity index (χ3v) is 5.42. The number of fused-ring (bicyclic) bond motifs is 4. The van der Waals surface area contributed by atoms with Gasteiger partial charge in [0.1, 0.15) is 0 Å². The summed E-state index contributed by atoms with van der Waals surface area (Å²) in [5, 5.41) is 0. The SMILES string of the molecule is CN1C=C2CN(c3ccc4c(c3)C(=O)c3cc(N)ccc3-4)CC2C1. The van der Waals surface area contributed by atoms with Crippen LogP contribution in [-0.4, -0.2) is 37.4 Å². The molecular formula is C20H19N3O. The van der Waals surface area contributed by atoms with Crippen molar-refractivity contribution < 1.29 is 4.79 Å². The average molecular weight is 317 g/mol. The second-order valence-corrected chi connectivity index (χ2v) is 7.09. The van der Waals surface area contributed by atoms with Crippen LogP contribution in [0.1, 0.15) is 15.9 Å². The maximum atomic E-state index is 12.8. The van der Waals surface area contributed by atoms with Crippen molar-refractivity contribution in [2.45, 2.75) is 0 Å². The summed E-state index contributed by atoms with van der Waals surface area (Å²) in [6, 6.07) is 11.9. The number of carbonyl (C=O) groups is 1. The summed E-state index contributed by atoms with van der Waals surface area (Å²) in [7, 11) is 2.13. The Bertz CT molecular complexity index is 915. The van der Waals surface area contributed by atoms with Crippen molar-refractivity contribution in [2.75, 3.05) is 37.3 Å². The van der Waals surface area contributed by atoms with Crippen LogP contribution in [-0.2, 0) is 0 Å². The molecule has 0 aromatic heterocycles. The molecule has 1 fully saturated rings. The minimum Gasteiger partial charge on any atom is -0.399 e. The molecule has 3 aliphatic rings. The van der Waals surface area contributed by atoms with Crippen LogP contribution in [0, 0.1) is 5.92 Å². The van der Waals surface area contributed by atoms with Gasteiger partial charge in [-0.2, -0.15) is 0 Å². The minimum absolute atomic E-state index is 0.0903. The largest absolute Gasteiger partial charge is 0.399 e. The van der Waals surface area contributed by atoms with Crippen molar-refractivity contribution in [1.82, 2.24) is 4.90 Å². The maximum absolute atomic E-state index is 12.8. The van der Waals surface area contributed by atoms with Crippen LogP contribution < -0.4 is 10.6 Å². The first kappa shape index (κ1) is 13.7. The number of nitrogen functional groups attached to an aromatic ring is 1. The van der Waals surface area contributed by atoms with E-state index in [2.05, 4.69) is 41.2 Å². The normalized spacial score (nSPS) is 21.0. The molecule has 120 valence electrons. The summed E-state index contributed by atoms with van der Waals surface area (Å²) in [4.78, 5) is 17.4. The fourth-order valence-electron chi connectivity index (χ4n) is 4.28. The highest BCUT2D eigenvalue weighted by Crippen LogP contribution is 2.40. The van der Waals surface area contributed by atoms with Crippen LogP contribution in [0.15, 0.2) is 48.2 Å². The second kappa shape index (κ2) is 4.63. The number of nitrogens with zero attached hydrogens (tertiary/aromatic N) is 2. The first-order chi connectivity index (χ1) is 11.6. The molecule has 2 aromatic carbocycles. The summed E-state index contributed by atoms with van der Waals surface area (Å²) in [6.45, 7) is 3.09. The molecular weight excluding hydrogens is 298 g/mol. The lowest BCUT2D eigenvalue weighted by Crippen LogP contribution is -2.24. The molecule has 2 heterocycles. The predicted octanol–water partition coefficient (Wildman–Crippen LogP) is 2.75. The molecule has 2 N–H and O–H groups in total. The van der Waals surface area contributed by atoms with Crippen molar-refractivity contribution in [3.8, 4) is 11.1 Å². The van der Waals surface area contributed by atoms with Gasteiger partial charge in [0.2, 0.25) is 0 Å². The second-order valence-electron chi connectivity index (χ2n) is 7.09. The third-order valence-electron chi connectivity index (χ3n) is 5.42. The highest BCUT2D eigenvalue weighted by atomic mass is 16.1. The van der Waals surface area contributed by atoms with Crippen LogP contribution in [0.3, 0.4) is 0 Å². The lowest BCUT2D eigenvalue weighted by Gasteiger charge is -2.21. The van der Waals surface area contributed by atoms with Crippen LogP contribution >= 0.6 is 0 Å². The van der Waals surface area contributed by atoms with Crippen molar-refractivity contribution in [3.05, 3.63) is 59.3 Å². The van der Waals surface area contributed by atoms with Gasteiger partial charge in [-0.25, -0.2) is 0 Å². The first-order valence-electron chi connectivity index (χ1n) is 8.34. The smallest absolute Gasteiger partial charge is 0.194 e. The summed E-state index contributed by atoms with van der Waals surface area (Å²) in [5.41, 5.74) is 12.7. The van der Waals surface area contributed by atoms with Crippen LogP contribution in [0.2, 0.25) is 0 Å². The highest BCUT2D eigenvalue weighted by Gasteiger charge is 2.33. The molecule has 0 bridgehead atoms. The standard InChI is InChI=1S/C20H19N3O/c1-22-8-12-10-23(11-13(12)9-22)15-3-5-17-16-4-2-14(21)6-18(16)20(24)19(17)7-15/h2-8,13H,9-11,21H2,1H3. The lowest BCUT2D eigenvalue weighted by atomic mass is 10.0. The Morgan fingerprint density at radius 2 is 1.75 bits per heavy atom. The van der Waals surface area contributed by atoms with Crippen molar-refractivity contribution in [3.63, 3.8) is 0 Å². The Hall–Kier alpha value is -2.75. The summed E-state index contributed by atoms with van der Waals surface area (Å²) in [6.07, 6.45) is 2.27. The van der Waals surface area contributed by atoms with Crippen LogP contribution in [0.25, 0.3) is 11.1 Å². The molecule has 4 nitrogen and oxygen atoms in total. The Morgan fingerprint density at radius 3 is 2.54 bits per heavy atom. The number of hydrogen-bond acceptors (Lipinski definition) is 4. The molecule has 2 aromatic rings. The van der Waals surface area contributed by atoms with E-state index >= 15 is 0 Å². The van der Waals surface area contributed by atoms with Gasteiger partial charge in [-0.1, -0.05) is 12.1 Å². The Labute approximate surface area is 141 Å². The van der Waals surface area contributed by atoms with E-state index in [1.165, 1.54) is 5.57 Å². The van der Waals surface area contributed by atoms with E-state index in [4.69, 9.17) is 5.73 Å². The zero-order valence-electron chi connectivity index (χ0n) is 13.6. The van der Waals surface area contributed by atoms with Gasteiger partial charge < -0.3 is 15.5 Å². The number of benzene rings is 2. The van der Waals surface area contributed by atoms with Gasteiger partial charge in [-0.3, -0.25) is 4.79 Å². The number of nitrogens with two attached hydrogens (primary N) is 1. The molecule has 24 heavy (non-hydrogen) atoms. The quantitative estimate of drug-likeness (QED) is 0.701. The topological polar surface area (TPSA) is 49.6 Å². The first-order valence-corrected chi connectivity index (χ1v) is 8.34. The zero-order chi connectivity index (χ0) is 16.4. The van der Waals surface area contributed by atoms with Crippen molar-refractivity contribution in [2.24, 2.45) is 5.92 Å². The third kappa shape index (κ3) is 1.83. The molecule has 1 saturated heterocycles. The molecule has 0 spiro atoms. The molecule has 4 heteroatoms. The molecule has 1 aliphatic carbocycles. The van der Waals surface area contributed by atoms with Gasteiger partial charge in [0.15, 0.2) is 5.78 Å². The number of hydrogen-bond donors (Lipinski definition) is 1. The van der Waals surface area contributed by atoms with Gasteiger partial charge in [0.05, 0.1) is 0 Å². The summed E-state index contributed by atoms with van der Waals surface area (Å²) in [5.74, 6) is 0.712. The van der Waals surface area contributed by atoms with E-state index in [-0.39, 0.29) is 5.78 Å². The fourth-order valence-corrected chi connectivity index (χ4v) is 4.28. The Kier molecular flexibility index (Phi) is 2.64. The summed E-state index contributed by atoms with van der Waals surface area (Å²) >= 11 is 0. The van der Waals surface area contributed by atoms with E-state index in [9.17, 15) is 4.79 Å². The van der Waals surface area contributed by atoms with E-state index in [0.717, 1.165) is 47.6 Å². The van der Waals surface area contributed by atoms with Crippen LogP contribution in [0.5, 0.6) is 0 Å². The van der Waals surface area contributed by atoms with Gasteiger partial charge >= 0.3 is 0 Å². The maximum Gasteiger partial charge on any atom is 0.194 e. The minimum atomic E-state index is 0.0903. The van der Waals surface area contributed by atoms with Gasteiger partial charge in [-0.15, -0.1) is 0 Å². The monoisotopic (exact) mass is 317 g/mol. The number of ketones is 1. The zero-order valence-corrected chi connectivity index (χ0v) is 13.6. The van der Waals surface area contributed by atoms with E-state index in [1.807, 2.05) is 12.1 Å². The molecule has 1 unspecified atom stereocenters. The molecule has 0 amide bonds. The number of anilines is 2. The van der Waals surface area contributed by atoms with E-state index in [0.29, 0.717) is 11.6 Å². The van der Waals surface area contributed by atoms with Gasteiger partial charge in [0, 0.05) is 61.3 Å². The molecule has 1 atom stereocenters. The van der Waals surface area contributed by atoms with Crippen molar-refractivity contribution in [1.29, 1.82) is 0 Å². The molecule has 5 rings (SSSR count). The van der Waals surface area contributed by atoms with E-state index < -0.39 is 0 Å². The fraction of sp³-hybridized carbons (Fsp3) is 0.250. The molecule has 2 aliphatic heterocycles. The number of rotatable bonds is 1. The van der Waals surface area contributed by atoms with Gasteiger partial charge in [-0.05, 0) is 41.0 Å². The summed E-state index contributed by atoms with van der Waals surface area (Å²) < 4.78 is 0. The van der Waals surface area contributed by atoms with Gasteiger partial charge in [0.25, 0.3) is 0 Å². The number of carbonyl (C=O) groups excluding carboxylic acids is 1. The molecule has 0 saturated carbocycles. The van der Waals surface area contributed by atoms with Crippen LogP contribution in [0.4, 0.5) is 11.4 Å². The Morgan fingerprint density at radius 1 is 1.00 bits per heavy atom. The molecule has 0 radical (unpaired) electrons. The lowest BCUT2D eigenvalue weighted by molar-refractivity contribution is 0.104. The average Bonchev–Trinajstić information content (AvgIpc) is 3.18. The Balaban J connectivity index is 1.52.